The van der Waals surface area contributed by atoms with E-state index in [2.05, 4.69) is 103 Å². The molecule has 0 atom stereocenters. The van der Waals surface area contributed by atoms with E-state index in [0.29, 0.717) is 16.8 Å². The SMILES string of the molecule is C[Si](C)(C)c1ccc(-c2[c-]cccc2)nc1.[2H]C([2H])([2H])c1ccnc(-c2[c-]ccc3c2oc2c4c(ccc23)[Si](C)(C)c2ccccc2-4)c1.[Ir]. The van der Waals surface area contributed by atoms with Crippen molar-refractivity contribution in [1.29, 1.82) is 0 Å². The van der Waals surface area contributed by atoms with E-state index >= 15 is 0 Å². The van der Waals surface area contributed by atoms with Crippen LogP contribution in [0.1, 0.15) is 9.68 Å². The Morgan fingerprint density at radius 2 is 1.57 bits per heavy atom. The van der Waals surface area contributed by atoms with Crippen LogP contribution in [0.4, 0.5) is 0 Å². The van der Waals surface area contributed by atoms with Crippen LogP contribution in [0.15, 0.2) is 114 Å². The van der Waals surface area contributed by atoms with E-state index < -0.39 is 23.0 Å². The molecule has 8 rings (SSSR count). The first-order valence-corrected chi connectivity index (χ1v) is 21.7. The average Bonchev–Trinajstić information content (AvgIpc) is 3.57. The summed E-state index contributed by atoms with van der Waals surface area (Å²) in [5, 5.41) is 6.26. The van der Waals surface area contributed by atoms with Gasteiger partial charge in [0.05, 0.1) is 13.7 Å². The summed E-state index contributed by atoms with van der Waals surface area (Å²) >= 11 is 0. The van der Waals surface area contributed by atoms with Crippen LogP contribution in [0, 0.1) is 19.0 Å². The molecule has 4 aromatic carbocycles. The maximum atomic E-state index is 7.75. The molecule has 1 radical (unpaired) electrons. The van der Waals surface area contributed by atoms with Gasteiger partial charge in [-0.3, -0.25) is 0 Å². The second kappa shape index (κ2) is 12.3. The third-order valence-electron chi connectivity index (χ3n) is 8.78. The van der Waals surface area contributed by atoms with Gasteiger partial charge in [-0.25, -0.2) is 0 Å². The van der Waals surface area contributed by atoms with E-state index in [1.807, 2.05) is 42.6 Å². The molecule has 3 nitrogen and oxygen atoms in total. The molecule has 6 heteroatoms. The van der Waals surface area contributed by atoms with Crippen molar-refractivity contribution in [2.45, 2.75) is 39.6 Å². The second-order valence-electron chi connectivity index (χ2n) is 13.1. The summed E-state index contributed by atoms with van der Waals surface area (Å²) in [6.07, 6.45) is 3.55. The van der Waals surface area contributed by atoms with Gasteiger partial charge in [0.1, 0.15) is 13.7 Å². The number of rotatable bonds is 3. The number of benzene rings is 4. The van der Waals surface area contributed by atoms with Crippen molar-refractivity contribution >= 4 is 53.6 Å². The van der Waals surface area contributed by atoms with Crippen molar-refractivity contribution in [3.05, 3.63) is 127 Å². The summed E-state index contributed by atoms with van der Waals surface area (Å²) in [5.74, 6) is 0. The Hall–Kier alpha value is -3.94. The zero-order valence-electron chi connectivity index (χ0n) is 29.5. The van der Waals surface area contributed by atoms with Crippen molar-refractivity contribution in [2.75, 3.05) is 0 Å². The number of fused-ring (bicyclic) bond motifs is 7. The van der Waals surface area contributed by atoms with E-state index in [1.165, 1.54) is 39.0 Å². The first-order chi connectivity index (χ1) is 22.8. The molecule has 0 aliphatic carbocycles. The Balaban J connectivity index is 0.000000208. The van der Waals surface area contributed by atoms with E-state index in [4.69, 9.17) is 8.53 Å². The zero-order chi connectivity index (χ0) is 33.8. The first-order valence-electron chi connectivity index (χ1n) is 16.7. The zero-order valence-corrected chi connectivity index (χ0v) is 30.9. The number of hydrogen-bond acceptors (Lipinski definition) is 3. The molecule has 0 amide bonds. The minimum absolute atomic E-state index is 0. The molecular formula is C40H36IrN2OSi2-2. The van der Waals surface area contributed by atoms with Gasteiger partial charge < -0.3 is 14.4 Å². The minimum atomic E-state index is -2.19. The average molecular weight is 812 g/mol. The van der Waals surface area contributed by atoms with Gasteiger partial charge in [-0.15, -0.1) is 54.1 Å². The minimum Gasteiger partial charge on any atom is -0.500 e. The first kappa shape index (κ1) is 28.3. The van der Waals surface area contributed by atoms with Gasteiger partial charge in [-0.05, 0) is 45.4 Å². The Morgan fingerprint density at radius 1 is 0.761 bits per heavy atom. The third-order valence-corrected chi connectivity index (χ3v) is 14.3. The maximum absolute atomic E-state index is 7.75. The van der Waals surface area contributed by atoms with Crippen LogP contribution < -0.4 is 15.6 Å². The summed E-state index contributed by atoms with van der Waals surface area (Å²) in [4.78, 5) is 8.96. The predicted octanol–water partition coefficient (Wildman–Crippen LogP) is 8.65. The van der Waals surface area contributed by atoms with E-state index in [0.717, 1.165) is 27.6 Å². The van der Waals surface area contributed by atoms with Crippen molar-refractivity contribution in [2.24, 2.45) is 0 Å². The molecule has 231 valence electrons. The van der Waals surface area contributed by atoms with Crippen LogP contribution in [0.5, 0.6) is 0 Å². The molecule has 0 spiro atoms. The van der Waals surface area contributed by atoms with Crippen molar-refractivity contribution in [3.63, 3.8) is 0 Å². The van der Waals surface area contributed by atoms with E-state index in [-0.39, 0.29) is 25.7 Å². The molecule has 1 aliphatic rings. The number of pyridine rings is 2. The van der Waals surface area contributed by atoms with Crippen LogP contribution in [0.25, 0.3) is 55.6 Å². The predicted molar refractivity (Wildman–Crippen MR) is 194 cm³/mol. The number of furan rings is 1. The van der Waals surface area contributed by atoms with Crippen LogP contribution >= 0.6 is 0 Å². The quantitative estimate of drug-likeness (QED) is 0.133. The Morgan fingerprint density at radius 3 is 2.30 bits per heavy atom. The Labute approximate surface area is 291 Å². The molecule has 46 heavy (non-hydrogen) atoms. The van der Waals surface area contributed by atoms with Gasteiger partial charge in [0.25, 0.3) is 0 Å². The second-order valence-corrected chi connectivity index (χ2v) is 22.5. The molecule has 0 fully saturated rings. The molecule has 0 unspecified atom stereocenters. The topological polar surface area (TPSA) is 38.9 Å². The molecule has 3 aromatic heterocycles. The molecule has 1 aliphatic heterocycles. The van der Waals surface area contributed by atoms with Gasteiger partial charge in [0.15, 0.2) is 0 Å². The van der Waals surface area contributed by atoms with Gasteiger partial charge in [-0.1, -0.05) is 104 Å². The third kappa shape index (κ3) is 5.65. The monoisotopic (exact) mass is 812 g/mol. The Kier molecular flexibility index (Phi) is 7.60. The fourth-order valence-corrected chi connectivity index (χ4v) is 10.4. The molecule has 4 heterocycles. The van der Waals surface area contributed by atoms with Crippen LogP contribution in [-0.2, 0) is 20.1 Å². The van der Waals surface area contributed by atoms with Crippen LogP contribution in [0.3, 0.4) is 0 Å². The van der Waals surface area contributed by atoms with Crippen molar-refractivity contribution < 1.29 is 28.6 Å². The summed E-state index contributed by atoms with van der Waals surface area (Å²) < 4.78 is 29.8. The number of aryl methyl sites for hydroxylation is 1. The molecule has 0 N–H and O–H groups in total. The van der Waals surface area contributed by atoms with Gasteiger partial charge >= 0.3 is 0 Å². The number of hydrogen-bond donors (Lipinski definition) is 0. The molecular weight excluding hydrogens is 773 g/mol. The van der Waals surface area contributed by atoms with Crippen molar-refractivity contribution in [1.82, 2.24) is 9.97 Å². The smallest absolute Gasteiger partial charge is 0.128 e. The fourth-order valence-electron chi connectivity index (χ4n) is 6.29. The normalized spacial score (nSPS) is 14.2. The summed E-state index contributed by atoms with van der Waals surface area (Å²) in [6.45, 7) is 9.57. The Bertz CT molecular complexity index is 2290. The van der Waals surface area contributed by atoms with Gasteiger partial charge in [0.2, 0.25) is 0 Å². The maximum Gasteiger partial charge on any atom is 0.128 e. The number of aromatic nitrogens is 2. The van der Waals surface area contributed by atoms with E-state index in [1.54, 1.807) is 6.07 Å². The van der Waals surface area contributed by atoms with Crippen molar-refractivity contribution in [3.8, 4) is 33.6 Å². The fraction of sp³-hybridized carbons (Fsp3) is 0.150. The molecule has 0 bridgehead atoms. The van der Waals surface area contributed by atoms with Gasteiger partial charge in [-0.2, -0.15) is 0 Å². The van der Waals surface area contributed by atoms with Crippen LogP contribution in [0.2, 0.25) is 32.7 Å². The van der Waals surface area contributed by atoms with Gasteiger partial charge in [0, 0.05) is 47.6 Å². The molecule has 0 saturated heterocycles. The summed E-state index contributed by atoms with van der Waals surface area (Å²) in [7, 11) is -3.03. The number of nitrogens with zero attached hydrogens (tertiary/aromatic N) is 2. The summed E-state index contributed by atoms with van der Waals surface area (Å²) in [6, 6.07) is 38.8. The van der Waals surface area contributed by atoms with E-state index in [9.17, 15) is 0 Å². The van der Waals surface area contributed by atoms with Crippen LogP contribution in [-0.4, -0.2) is 26.1 Å². The largest absolute Gasteiger partial charge is 0.500 e. The summed E-state index contributed by atoms with van der Waals surface area (Å²) in [5.41, 5.74) is 7.58. The standard InChI is InChI=1S/C26H20NOSi.C14H16NSi.Ir/c1-16-13-14-27-21(15-16)19-9-6-8-17-18-11-12-23-24(26(18)28-25(17)19)20-7-4-5-10-22(20)29(23,2)3;1-16(2,3)13-9-10-14(15-11-13)12-7-5-4-6-8-12;/h4-8,10-15H,1-3H3;4-7,9-11H,1-3H3;/q2*-1;/i1D3;;. The molecule has 0 saturated carbocycles. The molecule has 7 aromatic rings.